The molecular weight excluding hydrogens is 224 g/mol. The molecule has 0 bridgehead atoms. The topological polar surface area (TPSA) is 83.6 Å². The molecule has 0 unspecified atom stereocenters. The van der Waals surface area contributed by atoms with Crippen LogP contribution in [-0.2, 0) is 4.79 Å². The van der Waals surface area contributed by atoms with Crippen molar-refractivity contribution in [1.82, 2.24) is 9.88 Å². The number of oxazole rings is 1. The first-order chi connectivity index (χ1) is 7.97. The molecule has 0 aliphatic carbocycles. The lowest BCUT2D eigenvalue weighted by atomic mass is 10.1. The molecule has 1 aromatic heterocycles. The predicted octanol–water partition coefficient (Wildman–Crippen LogP) is 1.17. The zero-order valence-electron chi connectivity index (χ0n) is 10.1. The van der Waals surface area contributed by atoms with Gasteiger partial charge in [0.25, 0.3) is 5.91 Å². The molecule has 0 aliphatic heterocycles. The van der Waals surface area contributed by atoms with E-state index in [0.717, 1.165) is 0 Å². The first-order valence-corrected chi connectivity index (χ1v) is 5.39. The molecule has 0 radical (unpaired) electrons. The zero-order valence-corrected chi connectivity index (χ0v) is 10.1. The molecule has 0 spiro atoms. The van der Waals surface area contributed by atoms with Gasteiger partial charge in [0, 0.05) is 13.1 Å². The van der Waals surface area contributed by atoms with Crippen LogP contribution in [0.1, 0.15) is 30.1 Å². The minimum Gasteiger partial charge on any atom is -0.481 e. The van der Waals surface area contributed by atoms with E-state index < -0.39 is 11.9 Å². The second-order valence-corrected chi connectivity index (χ2v) is 3.84. The lowest BCUT2D eigenvalue weighted by Gasteiger charge is -2.21. The normalized spacial score (nSPS) is 12.2. The summed E-state index contributed by atoms with van der Waals surface area (Å²) in [5, 5.41) is 8.82. The number of carbonyl (C=O) groups is 2. The molecule has 0 fully saturated rings. The molecule has 1 heterocycles. The van der Waals surface area contributed by atoms with Gasteiger partial charge < -0.3 is 14.4 Å². The highest BCUT2D eigenvalue weighted by Crippen LogP contribution is 2.10. The van der Waals surface area contributed by atoms with Crippen molar-refractivity contribution in [3.63, 3.8) is 0 Å². The summed E-state index contributed by atoms with van der Waals surface area (Å²) in [5.74, 6) is -1.39. The lowest BCUT2D eigenvalue weighted by molar-refractivity contribution is -0.141. The molecule has 1 rings (SSSR count). The number of aromatic nitrogens is 1. The first kappa shape index (κ1) is 13.2. The molecule has 1 atom stereocenters. The molecule has 17 heavy (non-hydrogen) atoms. The third kappa shape index (κ3) is 3.05. The number of nitrogens with zero attached hydrogens (tertiary/aromatic N) is 2. The summed E-state index contributed by atoms with van der Waals surface area (Å²) in [4.78, 5) is 28.1. The standard InChI is InChI=1S/C11H16N2O4/c1-4-13(5-7(2)11(15)16)10(14)9-8(3)17-6-12-9/h6-7H,4-5H2,1-3H3,(H,15,16)/t7-/m0/s1. The van der Waals surface area contributed by atoms with Gasteiger partial charge in [-0.05, 0) is 13.8 Å². The first-order valence-electron chi connectivity index (χ1n) is 5.39. The Morgan fingerprint density at radius 1 is 1.59 bits per heavy atom. The molecule has 1 N–H and O–H groups in total. The summed E-state index contributed by atoms with van der Waals surface area (Å²) in [5.41, 5.74) is 0.240. The lowest BCUT2D eigenvalue weighted by Crippen LogP contribution is -2.37. The molecule has 0 aliphatic rings. The van der Waals surface area contributed by atoms with Crippen molar-refractivity contribution in [2.75, 3.05) is 13.1 Å². The van der Waals surface area contributed by atoms with E-state index in [-0.39, 0.29) is 18.1 Å². The fourth-order valence-corrected chi connectivity index (χ4v) is 1.42. The quantitative estimate of drug-likeness (QED) is 0.835. The molecule has 94 valence electrons. The largest absolute Gasteiger partial charge is 0.481 e. The second kappa shape index (κ2) is 5.47. The average Bonchev–Trinajstić information content (AvgIpc) is 2.70. The summed E-state index contributed by atoms with van der Waals surface area (Å²) < 4.78 is 4.96. The smallest absolute Gasteiger partial charge is 0.308 e. The van der Waals surface area contributed by atoms with Crippen molar-refractivity contribution in [2.45, 2.75) is 20.8 Å². The number of hydrogen-bond donors (Lipinski definition) is 1. The van der Waals surface area contributed by atoms with Crippen LogP contribution in [0.15, 0.2) is 10.8 Å². The van der Waals surface area contributed by atoms with Crippen LogP contribution in [0.25, 0.3) is 0 Å². The van der Waals surface area contributed by atoms with Gasteiger partial charge in [0.05, 0.1) is 5.92 Å². The van der Waals surface area contributed by atoms with Gasteiger partial charge in [-0.2, -0.15) is 0 Å². The van der Waals surface area contributed by atoms with E-state index in [4.69, 9.17) is 9.52 Å². The summed E-state index contributed by atoms with van der Waals surface area (Å²) in [7, 11) is 0. The average molecular weight is 240 g/mol. The Morgan fingerprint density at radius 2 is 2.24 bits per heavy atom. The fraction of sp³-hybridized carbons (Fsp3) is 0.545. The Morgan fingerprint density at radius 3 is 2.65 bits per heavy atom. The maximum atomic E-state index is 12.0. The van der Waals surface area contributed by atoms with Gasteiger partial charge in [0.1, 0.15) is 5.76 Å². The van der Waals surface area contributed by atoms with Gasteiger partial charge in [0.15, 0.2) is 12.1 Å². The minimum absolute atomic E-state index is 0.164. The number of carbonyl (C=O) groups excluding carboxylic acids is 1. The number of aliphatic carboxylic acids is 1. The molecule has 0 aromatic carbocycles. The Labute approximate surface area is 99.2 Å². The molecule has 1 aromatic rings. The van der Waals surface area contributed by atoms with Crippen LogP contribution in [0.5, 0.6) is 0 Å². The van der Waals surface area contributed by atoms with Gasteiger partial charge in [0.2, 0.25) is 0 Å². The van der Waals surface area contributed by atoms with Crippen molar-refractivity contribution in [2.24, 2.45) is 5.92 Å². The van der Waals surface area contributed by atoms with Crippen LogP contribution in [0.3, 0.4) is 0 Å². The van der Waals surface area contributed by atoms with Crippen LogP contribution in [0.2, 0.25) is 0 Å². The second-order valence-electron chi connectivity index (χ2n) is 3.84. The highest BCUT2D eigenvalue weighted by Gasteiger charge is 2.23. The molecule has 0 saturated carbocycles. The summed E-state index contributed by atoms with van der Waals surface area (Å²) in [6.45, 7) is 5.60. The van der Waals surface area contributed by atoms with Gasteiger partial charge in [-0.25, -0.2) is 4.98 Å². The zero-order chi connectivity index (χ0) is 13.0. The van der Waals surface area contributed by atoms with Gasteiger partial charge in [-0.3, -0.25) is 9.59 Å². The number of aryl methyl sites for hydroxylation is 1. The van der Waals surface area contributed by atoms with Crippen LogP contribution < -0.4 is 0 Å². The monoisotopic (exact) mass is 240 g/mol. The van der Waals surface area contributed by atoms with E-state index in [2.05, 4.69) is 4.98 Å². The maximum absolute atomic E-state index is 12.0. The van der Waals surface area contributed by atoms with E-state index >= 15 is 0 Å². The third-order valence-electron chi connectivity index (χ3n) is 2.53. The Hall–Kier alpha value is -1.85. The highest BCUT2D eigenvalue weighted by molar-refractivity contribution is 5.93. The third-order valence-corrected chi connectivity index (χ3v) is 2.53. The van der Waals surface area contributed by atoms with Crippen molar-refractivity contribution in [3.05, 3.63) is 17.8 Å². The minimum atomic E-state index is -0.923. The molecule has 0 saturated heterocycles. The number of rotatable bonds is 5. The van der Waals surface area contributed by atoms with Crippen LogP contribution >= 0.6 is 0 Å². The molecular formula is C11H16N2O4. The molecule has 6 nitrogen and oxygen atoms in total. The summed E-state index contributed by atoms with van der Waals surface area (Å²) in [6.07, 6.45) is 1.21. The van der Waals surface area contributed by atoms with E-state index in [1.54, 1.807) is 20.8 Å². The van der Waals surface area contributed by atoms with Crippen LogP contribution in [0, 0.1) is 12.8 Å². The Kier molecular flexibility index (Phi) is 4.25. The summed E-state index contributed by atoms with van der Waals surface area (Å²) in [6, 6.07) is 0. The van der Waals surface area contributed by atoms with E-state index in [1.165, 1.54) is 11.3 Å². The number of amides is 1. The van der Waals surface area contributed by atoms with Crippen molar-refractivity contribution >= 4 is 11.9 Å². The van der Waals surface area contributed by atoms with E-state index in [9.17, 15) is 9.59 Å². The Bertz CT molecular complexity index is 413. The van der Waals surface area contributed by atoms with Crippen molar-refractivity contribution < 1.29 is 19.1 Å². The number of hydrogen-bond acceptors (Lipinski definition) is 4. The molecule has 1 amide bonds. The SMILES string of the molecule is CCN(C[C@H](C)C(=O)O)C(=O)c1ncoc1C. The van der Waals surface area contributed by atoms with Crippen LogP contribution in [0.4, 0.5) is 0 Å². The van der Waals surface area contributed by atoms with Gasteiger partial charge in [-0.1, -0.05) is 6.92 Å². The number of carboxylic acids is 1. The van der Waals surface area contributed by atoms with Crippen molar-refractivity contribution in [1.29, 1.82) is 0 Å². The van der Waals surface area contributed by atoms with Crippen LogP contribution in [-0.4, -0.2) is 40.0 Å². The molecule has 6 heteroatoms. The summed E-state index contributed by atoms with van der Waals surface area (Å²) >= 11 is 0. The highest BCUT2D eigenvalue weighted by atomic mass is 16.4. The van der Waals surface area contributed by atoms with Gasteiger partial charge >= 0.3 is 5.97 Å². The van der Waals surface area contributed by atoms with E-state index in [1.807, 2.05) is 0 Å². The van der Waals surface area contributed by atoms with Gasteiger partial charge in [-0.15, -0.1) is 0 Å². The van der Waals surface area contributed by atoms with E-state index in [0.29, 0.717) is 12.3 Å². The Balaban J connectivity index is 2.78. The van der Waals surface area contributed by atoms with Crippen molar-refractivity contribution in [3.8, 4) is 0 Å². The maximum Gasteiger partial charge on any atom is 0.308 e. The number of carboxylic acid groups (broad SMARTS) is 1. The fourth-order valence-electron chi connectivity index (χ4n) is 1.42. The predicted molar refractivity (Wildman–Crippen MR) is 59.6 cm³/mol.